The zero-order valence-corrected chi connectivity index (χ0v) is 21.3. The molecule has 2 aromatic carbocycles. The molecule has 1 fully saturated rings. The van der Waals surface area contributed by atoms with E-state index in [2.05, 4.69) is 9.55 Å². The number of aromatic carboxylic acids is 1. The topological polar surface area (TPSA) is 82.2 Å². The van der Waals surface area contributed by atoms with Crippen LogP contribution in [0.2, 0.25) is 0 Å². The van der Waals surface area contributed by atoms with Crippen molar-refractivity contribution in [3.05, 3.63) is 77.5 Å². The Hall–Kier alpha value is -4.27. The van der Waals surface area contributed by atoms with Crippen LogP contribution in [0.3, 0.4) is 0 Å². The van der Waals surface area contributed by atoms with E-state index >= 15 is 0 Å². The van der Waals surface area contributed by atoms with Crippen LogP contribution in [0.4, 0.5) is 8.78 Å². The number of aromatic nitrogens is 4. The summed E-state index contributed by atoms with van der Waals surface area (Å²) >= 11 is 0. The highest BCUT2D eigenvalue weighted by Crippen LogP contribution is 2.63. The average molecular weight is 529 g/mol. The number of aryl methyl sites for hydroxylation is 1. The number of ether oxygens (including phenoxy) is 1. The Morgan fingerprint density at radius 3 is 2.79 bits per heavy atom. The average Bonchev–Trinajstić information content (AvgIpc) is 3.18. The molecular formula is C30H26F2N4O3. The molecule has 7 rings (SSSR count). The molecule has 7 nitrogen and oxygen atoms in total. The number of hydrogen-bond acceptors (Lipinski definition) is 4. The van der Waals surface area contributed by atoms with Gasteiger partial charge in [-0.1, -0.05) is 30.7 Å². The third-order valence-electron chi connectivity index (χ3n) is 8.16. The summed E-state index contributed by atoms with van der Waals surface area (Å²) < 4.78 is 39.5. The smallest absolute Gasteiger partial charge is 0.335 e. The van der Waals surface area contributed by atoms with Crippen LogP contribution in [0, 0.1) is 5.92 Å². The van der Waals surface area contributed by atoms with Crippen LogP contribution >= 0.6 is 0 Å². The first kappa shape index (κ1) is 23.8. The van der Waals surface area contributed by atoms with E-state index in [1.54, 1.807) is 18.3 Å². The largest absolute Gasteiger partial charge is 0.494 e. The van der Waals surface area contributed by atoms with Gasteiger partial charge < -0.3 is 19.0 Å². The normalized spacial score (nSPS) is 20.1. The summed E-state index contributed by atoms with van der Waals surface area (Å²) in [6.07, 6.45) is 3.61. The maximum absolute atomic E-state index is 14.9. The number of hydrogen-bond donors (Lipinski definition) is 1. The minimum absolute atomic E-state index is 0.0765. The summed E-state index contributed by atoms with van der Waals surface area (Å²) in [4.78, 5) is 21.4. The highest BCUT2D eigenvalue weighted by molar-refractivity contribution is 5.96. The Kier molecular flexibility index (Phi) is 5.27. The minimum atomic E-state index is -2.70. The zero-order chi connectivity index (χ0) is 26.9. The number of carboxylic acid groups (broad SMARTS) is 1. The molecule has 2 aliphatic rings. The number of rotatable bonds is 2. The lowest BCUT2D eigenvalue weighted by Crippen LogP contribution is -2.08. The summed E-state index contributed by atoms with van der Waals surface area (Å²) in [6, 6.07) is 16.4. The summed E-state index contributed by atoms with van der Waals surface area (Å²) in [5.41, 5.74) is 4.36. The molecule has 1 saturated carbocycles. The van der Waals surface area contributed by atoms with E-state index in [9.17, 15) is 18.7 Å². The van der Waals surface area contributed by atoms with Crippen LogP contribution in [-0.4, -0.2) is 43.2 Å². The van der Waals surface area contributed by atoms with Gasteiger partial charge in [0.1, 0.15) is 16.9 Å². The van der Waals surface area contributed by atoms with Crippen LogP contribution in [0.5, 0.6) is 5.75 Å². The van der Waals surface area contributed by atoms with E-state index in [-0.39, 0.29) is 5.56 Å². The van der Waals surface area contributed by atoms with Gasteiger partial charge in [-0.15, -0.1) is 0 Å². The van der Waals surface area contributed by atoms with Gasteiger partial charge in [-0.05, 0) is 54.3 Å². The highest BCUT2D eigenvalue weighted by atomic mass is 19.3. The number of halogens is 2. The van der Waals surface area contributed by atoms with Crippen molar-refractivity contribution in [2.24, 2.45) is 5.92 Å². The van der Waals surface area contributed by atoms with Gasteiger partial charge in [0.2, 0.25) is 0 Å². The van der Waals surface area contributed by atoms with Gasteiger partial charge in [0, 0.05) is 30.6 Å². The molecule has 0 spiro atoms. The Balaban J connectivity index is 1.50. The fourth-order valence-electron chi connectivity index (χ4n) is 6.26. The van der Waals surface area contributed by atoms with Gasteiger partial charge in [-0.3, -0.25) is 0 Å². The van der Waals surface area contributed by atoms with Crippen molar-refractivity contribution in [3.63, 3.8) is 0 Å². The maximum Gasteiger partial charge on any atom is 0.335 e. The van der Waals surface area contributed by atoms with Crippen molar-refractivity contribution in [1.82, 2.24) is 19.1 Å². The lowest BCUT2D eigenvalue weighted by molar-refractivity contribution is 0.0696. The van der Waals surface area contributed by atoms with Crippen molar-refractivity contribution in [2.75, 3.05) is 7.11 Å². The first-order chi connectivity index (χ1) is 18.9. The van der Waals surface area contributed by atoms with Gasteiger partial charge >= 0.3 is 5.97 Å². The molecule has 0 radical (unpaired) electrons. The number of carbonyl (C=O) groups is 1. The molecule has 5 aromatic rings. The van der Waals surface area contributed by atoms with Crippen LogP contribution in [-0.2, 0) is 13.1 Å². The van der Waals surface area contributed by atoms with Gasteiger partial charge in [0.25, 0.3) is 5.92 Å². The second-order valence-corrected chi connectivity index (χ2v) is 10.5. The predicted molar refractivity (Wildman–Crippen MR) is 143 cm³/mol. The standard InChI is InChI=1S/C30H26F2N4O3/c1-39-24-15-20(29(37)38)13-22-26(24)36-16-17-6-4-7-18(12-17)25-21(30(25,31)32)9-2-3-11-35-23(28(36)34-22)14-19-8-5-10-33-27(19)35/h4-8,10,12-15,21,25H,2-3,9,11,16H2,1H3,(H,37,38)/t21-,25?/m1/s1. The number of benzene rings is 2. The summed E-state index contributed by atoms with van der Waals surface area (Å²) in [5, 5.41) is 10.6. The Morgan fingerprint density at radius 1 is 1.10 bits per heavy atom. The van der Waals surface area contributed by atoms with Crippen LogP contribution in [0.25, 0.3) is 33.6 Å². The molecule has 1 aliphatic heterocycles. The molecule has 3 aromatic heterocycles. The molecule has 4 heterocycles. The van der Waals surface area contributed by atoms with E-state index in [0.717, 1.165) is 28.7 Å². The Morgan fingerprint density at radius 2 is 1.97 bits per heavy atom. The van der Waals surface area contributed by atoms with E-state index in [1.807, 2.05) is 41.0 Å². The van der Waals surface area contributed by atoms with Crippen LogP contribution in [0.1, 0.15) is 46.7 Å². The number of alkyl halides is 2. The van der Waals surface area contributed by atoms with Gasteiger partial charge in [-0.25, -0.2) is 23.5 Å². The second kappa shape index (κ2) is 8.62. The molecule has 1 N–H and O–H groups in total. The molecule has 2 atom stereocenters. The molecule has 39 heavy (non-hydrogen) atoms. The van der Waals surface area contributed by atoms with Crippen molar-refractivity contribution >= 4 is 28.0 Å². The molecule has 1 aliphatic carbocycles. The van der Waals surface area contributed by atoms with E-state index in [0.29, 0.717) is 54.1 Å². The summed E-state index contributed by atoms with van der Waals surface area (Å²) in [7, 11) is 1.50. The van der Waals surface area contributed by atoms with Crippen molar-refractivity contribution in [2.45, 2.75) is 44.2 Å². The fourth-order valence-corrected chi connectivity index (χ4v) is 6.26. The van der Waals surface area contributed by atoms with E-state index in [4.69, 9.17) is 9.72 Å². The highest BCUT2D eigenvalue weighted by Gasteiger charge is 2.67. The zero-order valence-electron chi connectivity index (χ0n) is 21.3. The SMILES string of the molecule is COc1cc(C(=O)O)cc2nc3n(c12)Cc1cccc(c1)C1[C@@H](CCCCn2c-3cc3cccnc32)C1(F)F. The maximum atomic E-state index is 14.9. The molecule has 198 valence electrons. The molecular weight excluding hydrogens is 502 g/mol. The molecule has 9 heteroatoms. The predicted octanol–water partition coefficient (Wildman–Crippen LogP) is 6.34. The number of imidazole rings is 1. The van der Waals surface area contributed by atoms with Gasteiger partial charge in [-0.2, -0.15) is 0 Å². The number of nitrogens with zero attached hydrogens (tertiary/aromatic N) is 4. The molecule has 0 saturated heterocycles. The fraction of sp³-hybridized carbons (Fsp3) is 0.300. The first-order valence-electron chi connectivity index (χ1n) is 13.1. The molecule has 1 unspecified atom stereocenters. The van der Waals surface area contributed by atoms with Crippen molar-refractivity contribution in [3.8, 4) is 17.3 Å². The van der Waals surface area contributed by atoms with Crippen LogP contribution < -0.4 is 4.74 Å². The molecule has 0 amide bonds. The first-order valence-corrected chi connectivity index (χ1v) is 13.1. The monoisotopic (exact) mass is 528 g/mol. The number of methoxy groups -OCH3 is 1. The van der Waals surface area contributed by atoms with Crippen molar-refractivity contribution in [1.29, 1.82) is 0 Å². The summed E-state index contributed by atoms with van der Waals surface area (Å²) in [6.45, 7) is 0.950. The second-order valence-electron chi connectivity index (χ2n) is 10.5. The number of carboxylic acids is 1. The van der Waals surface area contributed by atoms with Gasteiger partial charge in [0.05, 0.1) is 29.8 Å². The number of fused-ring (bicyclic) bond motifs is 11. The van der Waals surface area contributed by atoms with Crippen LogP contribution in [0.15, 0.2) is 60.8 Å². The lowest BCUT2D eigenvalue weighted by atomic mass is 10.0. The quantitative estimate of drug-likeness (QED) is 0.289. The van der Waals surface area contributed by atoms with E-state index < -0.39 is 23.7 Å². The Bertz CT molecular complexity index is 1770. The van der Waals surface area contributed by atoms with Crippen molar-refractivity contribution < 1.29 is 23.4 Å². The lowest BCUT2D eigenvalue weighted by Gasteiger charge is -2.15. The summed E-state index contributed by atoms with van der Waals surface area (Å²) in [5.74, 6) is -4.16. The number of pyridine rings is 1. The Labute approximate surface area is 222 Å². The third-order valence-corrected chi connectivity index (χ3v) is 8.16. The van der Waals surface area contributed by atoms with E-state index in [1.165, 1.54) is 13.2 Å². The molecule has 2 bridgehead atoms. The third kappa shape index (κ3) is 3.71. The minimum Gasteiger partial charge on any atom is -0.494 e. The van der Waals surface area contributed by atoms with Gasteiger partial charge in [0.15, 0.2) is 5.82 Å².